The van der Waals surface area contributed by atoms with Crippen molar-refractivity contribution in [1.82, 2.24) is 9.21 Å². The summed E-state index contributed by atoms with van der Waals surface area (Å²) in [6.07, 6.45) is 2.20. The molecule has 0 N–H and O–H groups in total. The molecular weight excluding hydrogens is 431 g/mol. The molecule has 1 aliphatic heterocycles. The van der Waals surface area contributed by atoms with Gasteiger partial charge in [-0.1, -0.05) is 31.4 Å². The van der Waals surface area contributed by atoms with Crippen LogP contribution in [0.3, 0.4) is 0 Å². The van der Waals surface area contributed by atoms with Gasteiger partial charge in [0.05, 0.1) is 15.7 Å². The van der Waals surface area contributed by atoms with E-state index in [0.29, 0.717) is 6.42 Å². The maximum Gasteiger partial charge on any atom is 0.243 e. The summed E-state index contributed by atoms with van der Waals surface area (Å²) in [5.74, 6) is -1.81. The molecule has 1 saturated heterocycles. The number of unbranched alkanes of at least 4 members (excludes halogenated alkanes) is 2. The van der Waals surface area contributed by atoms with Crippen LogP contribution in [-0.2, 0) is 24.7 Å². The lowest BCUT2D eigenvalue weighted by Gasteiger charge is -2.34. The van der Waals surface area contributed by atoms with E-state index in [1.54, 1.807) is 0 Å². The van der Waals surface area contributed by atoms with Gasteiger partial charge in [0.1, 0.15) is 11.6 Å². The third-order valence-corrected chi connectivity index (χ3v) is 8.30. The molecule has 1 fully saturated rings. The lowest BCUT2D eigenvalue weighted by atomic mass is 10.3. The van der Waals surface area contributed by atoms with Gasteiger partial charge in [0.25, 0.3) is 0 Å². The van der Waals surface area contributed by atoms with Gasteiger partial charge in [-0.25, -0.2) is 21.2 Å². The number of carbonyl (C=O) groups excluding carboxylic acids is 1. The molecule has 7 nitrogen and oxygen atoms in total. The summed E-state index contributed by atoms with van der Waals surface area (Å²) in [5, 5.41) is -0.289. The van der Waals surface area contributed by atoms with E-state index in [0.717, 1.165) is 31.0 Å². The predicted molar refractivity (Wildman–Crippen MR) is 105 cm³/mol. The van der Waals surface area contributed by atoms with E-state index in [2.05, 4.69) is 0 Å². The molecule has 0 radical (unpaired) electrons. The maximum atomic E-state index is 13.3. The van der Waals surface area contributed by atoms with Crippen LogP contribution in [0.4, 0.5) is 4.39 Å². The van der Waals surface area contributed by atoms with Gasteiger partial charge in [0, 0.05) is 26.2 Å². The fourth-order valence-electron chi connectivity index (χ4n) is 2.89. The molecule has 1 heterocycles. The number of sulfone groups is 1. The highest BCUT2D eigenvalue weighted by Crippen LogP contribution is 2.23. The van der Waals surface area contributed by atoms with Crippen LogP contribution >= 0.6 is 11.6 Å². The van der Waals surface area contributed by atoms with Crippen molar-refractivity contribution in [2.75, 3.05) is 37.7 Å². The Hall–Kier alpha value is -1.23. The van der Waals surface area contributed by atoms with Gasteiger partial charge in [-0.3, -0.25) is 4.79 Å². The van der Waals surface area contributed by atoms with Crippen molar-refractivity contribution >= 4 is 37.4 Å². The van der Waals surface area contributed by atoms with Crippen LogP contribution in [-0.4, -0.2) is 69.6 Å². The van der Waals surface area contributed by atoms with Crippen molar-refractivity contribution in [2.24, 2.45) is 0 Å². The first kappa shape index (κ1) is 23.1. The van der Waals surface area contributed by atoms with E-state index < -0.39 is 37.3 Å². The summed E-state index contributed by atoms with van der Waals surface area (Å²) >= 11 is 5.66. The molecule has 11 heteroatoms. The second-order valence-corrected chi connectivity index (χ2v) is 11.2. The molecule has 2 rings (SSSR count). The third-order valence-electron chi connectivity index (χ3n) is 4.52. The smallest absolute Gasteiger partial charge is 0.243 e. The minimum Gasteiger partial charge on any atom is -0.339 e. The number of amides is 1. The van der Waals surface area contributed by atoms with Crippen LogP contribution in [0.2, 0.25) is 5.02 Å². The van der Waals surface area contributed by atoms with E-state index in [9.17, 15) is 26.0 Å². The lowest BCUT2D eigenvalue weighted by Crippen LogP contribution is -2.51. The first-order valence-electron chi connectivity index (χ1n) is 9.00. The number of nitrogens with zero attached hydrogens (tertiary/aromatic N) is 2. The quantitative estimate of drug-likeness (QED) is 0.559. The second-order valence-electron chi connectivity index (χ2n) is 6.66. The number of rotatable bonds is 8. The van der Waals surface area contributed by atoms with Gasteiger partial charge in [0.2, 0.25) is 15.9 Å². The van der Waals surface area contributed by atoms with Crippen molar-refractivity contribution in [3.63, 3.8) is 0 Å². The Morgan fingerprint density at radius 1 is 1.11 bits per heavy atom. The highest BCUT2D eigenvalue weighted by atomic mass is 35.5. The molecule has 0 atom stereocenters. The fraction of sp³-hybridized carbons (Fsp3) is 0.588. The predicted octanol–water partition coefficient (Wildman–Crippen LogP) is 1.92. The molecule has 0 saturated carbocycles. The normalized spacial score (nSPS) is 16.3. The van der Waals surface area contributed by atoms with Crippen molar-refractivity contribution < 1.29 is 26.0 Å². The minimum atomic E-state index is -3.87. The fourth-order valence-corrected chi connectivity index (χ4v) is 5.93. The zero-order valence-corrected chi connectivity index (χ0v) is 18.0. The molecule has 0 spiro atoms. The Balaban J connectivity index is 1.96. The van der Waals surface area contributed by atoms with Crippen LogP contribution in [0.25, 0.3) is 0 Å². The Kier molecular flexibility index (Phi) is 7.83. The minimum absolute atomic E-state index is 0.0216. The Morgan fingerprint density at radius 3 is 2.32 bits per heavy atom. The average Bonchev–Trinajstić information content (AvgIpc) is 2.63. The summed E-state index contributed by atoms with van der Waals surface area (Å²) in [6.45, 7) is 2.21. The largest absolute Gasteiger partial charge is 0.339 e. The summed E-state index contributed by atoms with van der Waals surface area (Å²) in [6, 6.07) is 3.17. The summed E-state index contributed by atoms with van der Waals surface area (Å²) < 4.78 is 63.8. The van der Waals surface area contributed by atoms with Crippen molar-refractivity contribution in [3.05, 3.63) is 29.0 Å². The van der Waals surface area contributed by atoms with Crippen LogP contribution in [0.5, 0.6) is 0 Å². The highest BCUT2D eigenvalue weighted by Gasteiger charge is 2.31. The zero-order chi connectivity index (χ0) is 20.9. The van der Waals surface area contributed by atoms with Gasteiger partial charge in [-0.2, -0.15) is 4.31 Å². The number of benzene rings is 1. The van der Waals surface area contributed by atoms with Gasteiger partial charge in [-0.15, -0.1) is 0 Å². The molecule has 0 aromatic heterocycles. The molecular formula is C17H24ClFN2O5S2. The van der Waals surface area contributed by atoms with E-state index in [-0.39, 0.29) is 41.8 Å². The first-order chi connectivity index (χ1) is 13.1. The van der Waals surface area contributed by atoms with Crippen molar-refractivity contribution in [3.8, 4) is 0 Å². The first-order valence-corrected chi connectivity index (χ1v) is 12.6. The van der Waals surface area contributed by atoms with E-state index in [1.807, 2.05) is 6.92 Å². The van der Waals surface area contributed by atoms with Gasteiger partial charge >= 0.3 is 0 Å². The number of sulfonamides is 1. The Morgan fingerprint density at radius 2 is 1.75 bits per heavy atom. The molecule has 1 aromatic carbocycles. The number of hydrogen-bond acceptors (Lipinski definition) is 5. The highest BCUT2D eigenvalue weighted by molar-refractivity contribution is 7.92. The van der Waals surface area contributed by atoms with Gasteiger partial charge in [0.15, 0.2) is 9.84 Å². The number of carbonyl (C=O) groups is 1. The summed E-state index contributed by atoms with van der Waals surface area (Å²) in [7, 11) is -7.34. The topological polar surface area (TPSA) is 91.8 Å². The molecule has 1 aliphatic rings. The number of piperazine rings is 1. The second kappa shape index (κ2) is 9.51. The molecule has 0 unspecified atom stereocenters. The summed E-state index contributed by atoms with van der Waals surface area (Å²) in [4.78, 5) is 13.5. The monoisotopic (exact) mass is 454 g/mol. The Labute approximate surface area is 170 Å². The Bertz CT molecular complexity index is 913. The maximum absolute atomic E-state index is 13.3. The third kappa shape index (κ3) is 5.88. The van der Waals surface area contributed by atoms with Gasteiger partial charge in [-0.05, 0) is 24.6 Å². The van der Waals surface area contributed by atoms with E-state index in [1.165, 1.54) is 9.21 Å². The van der Waals surface area contributed by atoms with Crippen LogP contribution in [0.15, 0.2) is 23.1 Å². The molecule has 1 aromatic rings. The van der Waals surface area contributed by atoms with Crippen molar-refractivity contribution in [2.45, 2.75) is 31.1 Å². The van der Waals surface area contributed by atoms with E-state index >= 15 is 0 Å². The standard InChI is InChI=1S/C17H24ClFN2O5S2/c1-2-3-4-11-27(23,24)13-17(22)20-7-9-21(10-8-20)28(25,26)14-5-6-16(19)15(18)12-14/h5-6,12H,2-4,7-11,13H2,1H3. The van der Waals surface area contributed by atoms with Crippen molar-refractivity contribution in [1.29, 1.82) is 0 Å². The van der Waals surface area contributed by atoms with E-state index in [4.69, 9.17) is 11.6 Å². The zero-order valence-electron chi connectivity index (χ0n) is 15.6. The lowest BCUT2D eigenvalue weighted by molar-refractivity contribution is -0.129. The molecule has 0 bridgehead atoms. The number of hydrogen-bond donors (Lipinski definition) is 0. The molecule has 158 valence electrons. The average molecular weight is 455 g/mol. The van der Waals surface area contributed by atoms with Crippen LogP contribution < -0.4 is 0 Å². The SMILES string of the molecule is CCCCCS(=O)(=O)CC(=O)N1CCN(S(=O)(=O)c2ccc(F)c(Cl)c2)CC1. The van der Waals surface area contributed by atoms with Gasteiger partial charge < -0.3 is 4.90 Å². The van der Waals surface area contributed by atoms with Crippen LogP contribution in [0.1, 0.15) is 26.2 Å². The molecule has 0 aliphatic carbocycles. The summed E-state index contributed by atoms with van der Waals surface area (Å²) in [5.41, 5.74) is 0. The number of halogens is 2. The molecule has 1 amide bonds. The van der Waals surface area contributed by atoms with Crippen LogP contribution in [0, 0.1) is 5.82 Å². The molecule has 28 heavy (non-hydrogen) atoms.